The minimum atomic E-state index is -0.328. The Kier molecular flexibility index (Phi) is 3.98. The van der Waals surface area contributed by atoms with Crippen LogP contribution >= 0.6 is 0 Å². The standard InChI is InChI=1S/C12H17N5O2/c1-17-11(9(18-2)7-15-17)10(16-13)8-5-4-6-14-12(8)19-3/h4-7,10,16H,13H2,1-3H3. The molecule has 0 spiro atoms. The highest BCUT2D eigenvalue weighted by Crippen LogP contribution is 2.32. The van der Waals surface area contributed by atoms with Crippen LogP contribution in [0.5, 0.6) is 11.6 Å². The number of rotatable bonds is 5. The molecule has 2 heterocycles. The maximum Gasteiger partial charge on any atom is 0.218 e. The van der Waals surface area contributed by atoms with Gasteiger partial charge in [0.25, 0.3) is 0 Å². The molecule has 1 unspecified atom stereocenters. The van der Waals surface area contributed by atoms with Gasteiger partial charge in [-0.1, -0.05) is 6.07 Å². The van der Waals surface area contributed by atoms with Gasteiger partial charge < -0.3 is 9.47 Å². The summed E-state index contributed by atoms with van der Waals surface area (Å²) < 4.78 is 12.3. The molecule has 7 heteroatoms. The third-order valence-corrected chi connectivity index (χ3v) is 2.91. The highest BCUT2D eigenvalue weighted by molar-refractivity contribution is 5.40. The van der Waals surface area contributed by atoms with E-state index in [1.54, 1.807) is 31.3 Å². The first-order valence-corrected chi connectivity index (χ1v) is 5.73. The summed E-state index contributed by atoms with van der Waals surface area (Å²) in [4.78, 5) is 4.17. The molecule has 0 radical (unpaired) electrons. The van der Waals surface area contributed by atoms with Crippen LogP contribution in [0.25, 0.3) is 0 Å². The first-order chi connectivity index (χ1) is 9.22. The zero-order valence-corrected chi connectivity index (χ0v) is 11.1. The molecule has 102 valence electrons. The van der Waals surface area contributed by atoms with Crippen LogP contribution in [0, 0.1) is 0 Å². The fourth-order valence-electron chi connectivity index (χ4n) is 2.02. The number of hydrogen-bond acceptors (Lipinski definition) is 6. The van der Waals surface area contributed by atoms with Gasteiger partial charge in [-0.25, -0.2) is 10.4 Å². The first-order valence-electron chi connectivity index (χ1n) is 5.73. The van der Waals surface area contributed by atoms with E-state index in [2.05, 4.69) is 15.5 Å². The molecule has 0 aromatic carbocycles. The van der Waals surface area contributed by atoms with Crippen LogP contribution in [0.15, 0.2) is 24.5 Å². The normalized spacial score (nSPS) is 12.2. The maximum absolute atomic E-state index is 5.68. The van der Waals surface area contributed by atoms with E-state index in [9.17, 15) is 0 Å². The highest BCUT2D eigenvalue weighted by Gasteiger charge is 2.24. The lowest BCUT2D eigenvalue weighted by Crippen LogP contribution is -2.31. The van der Waals surface area contributed by atoms with Gasteiger partial charge in [-0.05, 0) is 6.07 Å². The number of aryl methyl sites for hydroxylation is 1. The Bertz CT molecular complexity index is 555. The molecule has 0 saturated carbocycles. The van der Waals surface area contributed by atoms with Gasteiger partial charge in [0.2, 0.25) is 5.88 Å². The van der Waals surface area contributed by atoms with E-state index in [0.29, 0.717) is 11.6 Å². The second-order valence-corrected chi connectivity index (χ2v) is 3.92. The lowest BCUT2D eigenvalue weighted by Gasteiger charge is -2.19. The van der Waals surface area contributed by atoms with Gasteiger partial charge in [-0.3, -0.25) is 10.5 Å². The van der Waals surface area contributed by atoms with Crippen molar-refractivity contribution < 1.29 is 9.47 Å². The molecule has 2 rings (SSSR count). The molecule has 0 saturated heterocycles. The summed E-state index contributed by atoms with van der Waals surface area (Å²) in [7, 11) is 4.99. The van der Waals surface area contributed by atoms with Crippen molar-refractivity contribution >= 4 is 0 Å². The van der Waals surface area contributed by atoms with Gasteiger partial charge >= 0.3 is 0 Å². The highest BCUT2D eigenvalue weighted by atomic mass is 16.5. The van der Waals surface area contributed by atoms with Gasteiger partial charge in [0, 0.05) is 18.8 Å². The van der Waals surface area contributed by atoms with E-state index in [4.69, 9.17) is 15.3 Å². The molecule has 1 atom stereocenters. The molecule has 0 aliphatic heterocycles. The number of pyridine rings is 1. The van der Waals surface area contributed by atoms with E-state index in [0.717, 1.165) is 11.3 Å². The third kappa shape index (κ3) is 2.38. The molecule has 7 nitrogen and oxygen atoms in total. The van der Waals surface area contributed by atoms with Crippen LogP contribution in [0.3, 0.4) is 0 Å². The van der Waals surface area contributed by atoms with Gasteiger partial charge in [-0.15, -0.1) is 0 Å². The van der Waals surface area contributed by atoms with Gasteiger partial charge in [0.15, 0.2) is 5.75 Å². The number of hydrogen-bond donors (Lipinski definition) is 2. The molecule has 0 fully saturated rings. The summed E-state index contributed by atoms with van der Waals surface area (Å²) in [5.41, 5.74) is 4.37. The average Bonchev–Trinajstić information content (AvgIpc) is 2.82. The van der Waals surface area contributed by atoms with Crippen LogP contribution in [-0.4, -0.2) is 29.0 Å². The summed E-state index contributed by atoms with van der Waals surface area (Å²) in [5, 5.41) is 4.17. The number of ether oxygens (including phenoxy) is 2. The summed E-state index contributed by atoms with van der Waals surface area (Å²) in [6, 6.07) is 3.39. The first kappa shape index (κ1) is 13.3. The molecule has 19 heavy (non-hydrogen) atoms. The van der Waals surface area contributed by atoms with Gasteiger partial charge in [0.1, 0.15) is 5.69 Å². The molecule has 2 aromatic heterocycles. The smallest absolute Gasteiger partial charge is 0.218 e. The molecule has 0 amide bonds. The minimum absolute atomic E-state index is 0.328. The van der Waals surface area contributed by atoms with Crippen molar-refractivity contribution in [3.05, 3.63) is 35.8 Å². The van der Waals surface area contributed by atoms with E-state index >= 15 is 0 Å². The zero-order chi connectivity index (χ0) is 13.8. The largest absolute Gasteiger partial charge is 0.493 e. The fourth-order valence-corrected chi connectivity index (χ4v) is 2.02. The second kappa shape index (κ2) is 5.68. The monoisotopic (exact) mass is 263 g/mol. The maximum atomic E-state index is 5.68. The van der Waals surface area contributed by atoms with Crippen molar-refractivity contribution in [1.82, 2.24) is 20.2 Å². The molecule has 2 aromatic rings. The van der Waals surface area contributed by atoms with Gasteiger partial charge in [0.05, 0.1) is 26.5 Å². The third-order valence-electron chi connectivity index (χ3n) is 2.91. The quantitative estimate of drug-likeness (QED) is 0.599. The Morgan fingerprint density at radius 3 is 2.79 bits per heavy atom. The fraction of sp³-hybridized carbons (Fsp3) is 0.333. The number of methoxy groups -OCH3 is 2. The summed E-state index contributed by atoms with van der Waals surface area (Å²) >= 11 is 0. The Hall–Kier alpha value is -2.12. The SMILES string of the molecule is COc1cnn(C)c1C(NN)c1cccnc1OC. The molecule has 0 bridgehead atoms. The topological polar surface area (TPSA) is 87.2 Å². The van der Waals surface area contributed by atoms with Crippen molar-refractivity contribution in [2.24, 2.45) is 12.9 Å². The van der Waals surface area contributed by atoms with E-state index in [1.165, 1.54) is 0 Å². The number of nitrogens with zero attached hydrogens (tertiary/aromatic N) is 3. The lowest BCUT2D eigenvalue weighted by atomic mass is 10.1. The Morgan fingerprint density at radius 1 is 1.37 bits per heavy atom. The minimum Gasteiger partial charge on any atom is -0.493 e. The van der Waals surface area contributed by atoms with Crippen molar-refractivity contribution in [2.45, 2.75) is 6.04 Å². The summed E-state index contributed by atoms with van der Waals surface area (Å²) in [5.74, 6) is 6.84. The van der Waals surface area contributed by atoms with E-state index in [1.807, 2.05) is 19.2 Å². The number of nitrogens with one attached hydrogen (secondary N) is 1. The number of aromatic nitrogens is 3. The zero-order valence-electron chi connectivity index (χ0n) is 11.1. The Labute approximate surface area is 111 Å². The molecule has 0 aliphatic carbocycles. The molecular formula is C12H17N5O2. The van der Waals surface area contributed by atoms with Crippen LogP contribution in [0.2, 0.25) is 0 Å². The average molecular weight is 263 g/mol. The van der Waals surface area contributed by atoms with Crippen molar-refractivity contribution in [3.63, 3.8) is 0 Å². The Balaban J connectivity index is 2.53. The van der Waals surface area contributed by atoms with E-state index in [-0.39, 0.29) is 6.04 Å². The molecular weight excluding hydrogens is 246 g/mol. The van der Waals surface area contributed by atoms with Crippen LogP contribution < -0.4 is 20.7 Å². The van der Waals surface area contributed by atoms with Gasteiger partial charge in [-0.2, -0.15) is 5.10 Å². The number of nitrogens with two attached hydrogens (primary N) is 1. The van der Waals surface area contributed by atoms with Crippen LogP contribution in [-0.2, 0) is 7.05 Å². The van der Waals surface area contributed by atoms with Crippen LogP contribution in [0.1, 0.15) is 17.3 Å². The Morgan fingerprint density at radius 2 is 2.16 bits per heavy atom. The van der Waals surface area contributed by atoms with Crippen molar-refractivity contribution in [1.29, 1.82) is 0 Å². The predicted molar refractivity (Wildman–Crippen MR) is 69.7 cm³/mol. The van der Waals surface area contributed by atoms with E-state index < -0.39 is 0 Å². The summed E-state index contributed by atoms with van der Waals surface area (Å²) in [6.07, 6.45) is 3.30. The van der Waals surface area contributed by atoms with Crippen molar-refractivity contribution in [2.75, 3.05) is 14.2 Å². The van der Waals surface area contributed by atoms with Crippen molar-refractivity contribution in [3.8, 4) is 11.6 Å². The lowest BCUT2D eigenvalue weighted by molar-refractivity contribution is 0.379. The number of hydrazine groups is 1. The van der Waals surface area contributed by atoms with Crippen LogP contribution in [0.4, 0.5) is 0 Å². The summed E-state index contributed by atoms with van der Waals surface area (Å²) in [6.45, 7) is 0. The predicted octanol–water partition coefficient (Wildman–Crippen LogP) is 0.385. The second-order valence-electron chi connectivity index (χ2n) is 3.92. The molecule has 0 aliphatic rings. The molecule has 3 N–H and O–H groups in total.